The number of hydrogen-bond donors (Lipinski definition) is 2. The van der Waals surface area contributed by atoms with Gasteiger partial charge >= 0.3 is 0 Å². The van der Waals surface area contributed by atoms with Crippen LogP contribution in [0, 0.1) is 17.3 Å². The molecule has 1 unspecified atom stereocenters. The Hall–Kier alpha value is -0.900. The van der Waals surface area contributed by atoms with Crippen LogP contribution in [0.1, 0.15) is 105 Å². The van der Waals surface area contributed by atoms with Gasteiger partial charge in [0, 0.05) is 6.61 Å². The first-order chi connectivity index (χ1) is 15.2. The summed E-state index contributed by atoms with van der Waals surface area (Å²) >= 11 is 0. The number of allylic oxidation sites excluding steroid dienone is 4. The highest BCUT2D eigenvalue weighted by atomic mass is 16.5. The van der Waals surface area contributed by atoms with Crippen LogP contribution in [0.25, 0.3) is 0 Å². The Labute approximate surface area is 197 Å². The zero-order chi connectivity index (χ0) is 23.4. The third-order valence-corrected chi connectivity index (χ3v) is 9.28. The van der Waals surface area contributed by atoms with E-state index in [0.717, 1.165) is 51.6 Å². The molecular weight excluding hydrogens is 396 g/mol. The first-order valence-corrected chi connectivity index (χ1v) is 13.3. The predicted molar refractivity (Wildman–Crippen MR) is 134 cm³/mol. The van der Waals surface area contributed by atoms with Crippen molar-refractivity contribution < 1.29 is 14.9 Å². The second-order valence-electron chi connectivity index (χ2n) is 11.1. The molecule has 5 atom stereocenters. The van der Waals surface area contributed by atoms with Gasteiger partial charge in [0.2, 0.25) is 0 Å². The fourth-order valence-corrected chi connectivity index (χ4v) is 6.84. The van der Waals surface area contributed by atoms with E-state index in [1.54, 1.807) is 5.57 Å². The number of aliphatic hydroxyl groups is 2. The summed E-state index contributed by atoms with van der Waals surface area (Å²) < 4.78 is 6.36. The lowest BCUT2D eigenvalue weighted by Gasteiger charge is -2.44. The highest BCUT2D eigenvalue weighted by Gasteiger charge is 2.51. The molecule has 0 saturated heterocycles. The molecule has 3 aliphatic carbocycles. The molecular formula is C29H48O3. The van der Waals surface area contributed by atoms with Gasteiger partial charge in [-0.1, -0.05) is 50.6 Å². The van der Waals surface area contributed by atoms with E-state index in [1.807, 2.05) is 0 Å². The molecule has 0 amide bonds. The average molecular weight is 445 g/mol. The van der Waals surface area contributed by atoms with Crippen LogP contribution in [0.5, 0.6) is 0 Å². The first-order valence-electron chi connectivity index (χ1n) is 13.3. The van der Waals surface area contributed by atoms with Crippen LogP contribution in [0.3, 0.4) is 0 Å². The Balaban J connectivity index is 1.60. The minimum Gasteiger partial charge on any atom is -0.393 e. The molecule has 0 bridgehead atoms. The molecule has 0 aromatic rings. The average Bonchev–Trinajstić information content (AvgIpc) is 3.14. The Bertz CT molecular complexity index is 701. The van der Waals surface area contributed by atoms with Crippen molar-refractivity contribution in [3.05, 3.63) is 35.5 Å². The Morgan fingerprint density at radius 3 is 2.66 bits per heavy atom. The number of rotatable bonds is 9. The van der Waals surface area contributed by atoms with Crippen LogP contribution in [0.4, 0.5) is 0 Å². The first kappa shape index (κ1) is 25.7. The van der Waals surface area contributed by atoms with Crippen LogP contribution in [0.15, 0.2) is 35.5 Å². The zero-order valence-corrected chi connectivity index (χ0v) is 21.2. The Morgan fingerprint density at radius 2 is 1.94 bits per heavy atom. The third kappa shape index (κ3) is 5.77. The third-order valence-electron chi connectivity index (χ3n) is 9.28. The van der Waals surface area contributed by atoms with Gasteiger partial charge in [-0.3, -0.25) is 0 Å². The van der Waals surface area contributed by atoms with Crippen LogP contribution in [-0.4, -0.2) is 34.6 Å². The standard InChI is InChI=1S/C29H48O3/c1-6-29(31,7-2)18-9-19-32-22(4)26-15-16-27-23(10-8-17-28(26,27)5)12-13-24-20-25(30)14-11-21(24)3/h12-13,22,25-27,30-31H,3,6-11,14-20H2,1-2,4-5H3/b23-12+,24-13-/t22-,25-,26?,27-,28+/m0/s1. The van der Waals surface area contributed by atoms with Crippen molar-refractivity contribution in [3.63, 3.8) is 0 Å². The molecule has 2 N–H and O–H groups in total. The molecule has 3 heteroatoms. The summed E-state index contributed by atoms with van der Waals surface area (Å²) in [6, 6.07) is 0. The minimum absolute atomic E-state index is 0.207. The van der Waals surface area contributed by atoms with Crippen LogP contribution < -0.4 is 0 Å². The van der Waals surface area contributed by atoms with Gasteiger partial charge in [-0.2, -0.15) is 0 Å². The summed E-state index contributed by atoms with van der Waals surface area (Å²) in [6.45, 7) is 13.9. The van der Waals surface area contributed by atoms with Gasteiger partial charge in [0.25, 0.3) is 0 Å². The molecule has 3 rings (SSSR count). The number of ether oxygens (including phenoxy) is 1. The van der Waals surface area contributed by atoms with Gasteiger partial charge in [-0.15, -0.1) is 0 Å². The van der Waals surface area contributed by atoms with Crippen molar-refractivity contribution in [1.82, 2.24) is 0 Å². The molecule has 0 heterocycles. The largest absolute Gasteiger partial charge is 0.393 e. The Morgan fingerprint density at radius 1 is 1.19 bits per heavy atom. The fraction of sp³-hybridized carbons (Fsp3) is 0.793. The van der Waals surface area contributed by atoms with Gasteiger partial charge in [0.1, 0.15) is 0 Å². The SMILES string of the molecule is C=C1CC[C@H](O)C/C1=C/C=C1\CCC[C@]2(C)C([C@H](C)OCCCC(O)(CC)CC)CC[C@@H]12. The summed E-state index contributed by atoms with van der Waals surface area (Å²) in [7, 11) is 0. The molecule has 0 aromatic carbocycles. The number of aliphatic hydroxyl groups excluding tert-OH is 1. The van der Waals surface area contributed by atoms with Gasteiger partial charge in [0.15, 0.2) is 0 Å². The van der Waals surface area contributed by atoms with Crippen molar-refractivity contribution >= 4 is 0 Å². The molecule has 3 aliphatic rings. The second kappa shape index (κ2) is 11.0. The molecule has 182 valence electrons. The molecule has 3 saturated carbocycles. The lowest BCUT2D eigenvalue weighted by Crippen LogP contribution is -2.39. The molecule has 3 nitrogen and oxygen atoms in total. The minimum atomic E-state index is -0.520. The molecule has 0 aliphatic heterocycles. The lowest BCUT2D eigenvalue weighted by molar-refractivity contribution is -0.0365. The predicted octanol–water partition coefficient (Wildman–Crippen LogP) is 6.89. The summed E-state index contributed by atoms with van der Waals surface area (Å²) in [6.07, 6.45) is 16.9. The molecule has 32 heavy (non-hydrogen) atoms. The van der Waals surface area contributed by atoms with Gasteiger partial charge < -0.3 is 14.9 Å². The summed E-state index contributed by atoms with van der Waals surface area (Å²) in [4.78, 5) is 0. The fourth-order valence-electron chi connectivity index (χ4n) is 6.84. The summed E-state index contributed by atoms with van der Waals surface area (Å²) in [5.41, 5.74) is 3.85. The normalized spacial score (nSPS) is 34.8. The molecule has 0 radical (unpaired) electrons. The summed E-state index contributed by atoms with van der Waals surface area (Å²) in [5, 5.41) is 20.6. The highest BCUT2D eigenvalue weighted by molar-refractivity contribution is 5.36. The van der Waals surface area contributed by atoms with E-state index in [4.69, 9.17) is 4.74 Å². The van der Waals surface area contributed by atoms with Crippen molar-refractivity contribution in [2.45, 2.75) is 123 Å². The smallest absolute Gasteiger partial charge is 0.0643 e. The maximum atomic E-state index is 10.5. The van der Waals surface area contributed by atoms with E-state index < -0.39 is 5.60 Å². The second-order valence-corrected chi connectivity index (χ2v) is 11.1. The maximum Gasteiger partial charge on any atom is 0.0643 e. The van der Waals surface area contributed by atoms with Crippen LogP contribution in [0.2, 0.25) is 0 Å². The molecule has 0 spiro atoms. The van der Waals surface area contributed by atoms with Crippen molar-refractivity contribution in [3.8, 4) is 0 Å². The van der Waals surface area contributed by atoms with E-state index in [1.165, 1.54) is 43.3 Å². The summed E-state index contributed by atoms with van der Waals surface area (Å²) in [5.74, 6) is 1.25. The van der Waals surface area contributed by atoms with Crippen molar-refractivity contribution in [1.29, 1.82) is 0 Å². The van der Waals surface area contributed by atoms with Gasteiger partial charge in [-0.05, 0) is 107 Å². The van der Waals surface area contributed by atoms with E-state index in [2.05, 4.69) is 46.4 Å². The van der Waals surface area contributed by atoms with Crippen molar-refractivity contribution in [2.24, 2.45) is 17.3 Å². The van der Waals surface area contributed by atoms with Gasteiger partial charge in [0.05, 0.1) is 17.8 Å². The van der Waals surface area contributed by atoms with Crippen LogP contribution in [-0.2, 0) is 4.74 Å². The number of fused-ring (bicyclic) bond motifs is 1. The monoisotopic (exact) mass is 444 g/mol. The number of hydrogen-bond acceptors (Lipinski definition) is 3. The Kier molecular flexibility index (Phi) is 8.85. The van der Waals surface area contributed by atoms with E-state index in [-0.39, 0.29) is 12.2 Å². The topological polar surface area (TPSA) is 49.7 Å². The van der Waals surface area contributed by atoms with E-state index in [9.17, 15) is 10.2 Å². The molecule has 0 aromatic heterocycles. The lowest BCUT2D eigenvalue weighted by atomic mass is 9.62. The van der Waals surface area contributed by atoms with Crippen LogP contribution >= 0.6 is 0 Å². The van der Waals surface area contributed by atoms with Crippen molar-refractivity contribution in [2.75, 3.05) is 6.61 Å². The zero-order valence-electron chi connectivity index (χ0n) is 21.2. The molecule has 3 fully saturated rings. The van der Waals surface area contributed by atoms with E-state index >= 15 is 0 Å². The van der Waals surface area contributed by atoms with Gasteiger partial charge in [-0.25, -0.2) is 0 Å². The van der Waals surface area contributed by atoms with E-state index in [0.29, 0.717) is 17.3 Å². The highest BCUT2D eigenvalue weighted by Crippen LogP contribution is 2.58. The maximum absolute atomic E-state index is 10.5. The quantitative estimate of drug-likeness (QED) is 0.381.